The van der Waals surface area contributed by atoms with Gasteiger partial charge < -0.3 is 20.6 Å². The second kappa shape index (κ2) is 8.41. The molecule has 0 bridgehead atoms. The van der Waals surface area contributed by atoms with Gasteiger partial charge >= 0.3 is 0 Å². The van der Waals surface area contributed by atoms with E-state index in [4.69, 9.17) is 15.3 Å². The number of amides is 1. The number of carbonyl (C=O) groups is 1. The average Bonchev–Trinajstić information content (AvgIpc) is 3.07. The number of methoxy groups -OCH3 is 2. The number of carbonyl (C=O) groups excluding carboxylic acids is 1. The molecule has 1 aromatic carbocycles. The van der Waals surface area contributed by atoms with Crippen LogP contribution < -0.4 is 20.6 Å². The van der Waals surface area contributed by atoms with Gasteiger partial charge in [0.15, 0.2) is 11.5 Å². The molecule has 1 amide bonds. The summed E-state index contributed by atoms with van der Waals surface area (Å²) in [7, 11) is 3.08. The molecule has 0 saturated heterocycles. The van der Waals surface area contributed by atoms with Crippen molar-refractivity contribution in [1.29, 1.82) is 0 Å². The summed E-state index contributed by atoms with van der Waals surface area (Å²) in [6, 6.07) is 10.6. The highest BCUT2D eigenvalue weighted by molar-refractivity contribution is 7.99. The topological polar surface area (TPSA) is 117 Å². The van der Waals surface area contributed by atoms with Crippen LogP contribution in [0, 0.1) is 0 Å². The molecule has 0 aliphatic carbocycles. The number of nitrogens with one attached hydrogen (secondary N) is 1. The number of nitrogens with two attached hydrogens (primary N) is 1. The predicted octanol–water partition coefficient (Wildman–Crippen LogP) is 1.80. The SMILES string of the molecule is COc1ccc(NC(=O)CSc2nnc(-c3ccccn3)n2N)cc1OC. The third-order valence-corrected chi connectivity index (χ3v) is 4.50. The van der Waals surface area contributed by atoms with E-state index in [9.17, 15) is 4.79 Å². The molecule has 27 heavy (non-hydrogen) atoms. The number of nitrogens with zero attached hydrogens (tertiary/aromatic N) is 4. The van der Waals surface area contributed by atoms with E-state index in [0.29, 0.717) is 33.9 Å². The molecule has 140 valence electrons. The van der Waals surface area contributed by atoms with Crippen LogP contribution in [0.25, 0.3) is 11.5 Å². The van der Waals surface area contributed by atoms with Crippen LogP contribution in [0.1, 0.15) is 0 Å². The van der Waals surface area contributed by atoms with Crippen molar-refractivity contribution in [3.8, 4) is 23.0 Å². The molecule has 3 rings (SSSR count). The maximum Gasteiger partial charge on any atom is 0.234 e. The molecular weight excluding hydrogens is 368 g/mol. The summed E-state index contributed by atoms with van der Waals surface area (Å²) in [5, 5.41) is 11.3. The fourth-order valence-electron chi connectivity index (χ4n) is 2.29. The highest BCUT2D eigenvalue weighted by Gasteiger charge is 2.15. The van der Waals surface area contributed by atoms with Crippen LogP contribution in [-0.2, 0) is 4.79 Å². The summed E-state index contributed by atoms with van der Waals surface area (Å²) < 4.78 is 11.7. The van der Waals surface area contributed by atoms with Crippen molar-refractivity contribution < 1.29 is 14.3 Å². The van der Waals surface area contributed by atoms with E-state index in [0.717, 1.165) is 0 Å². The number of thioether (sulfide) groups is 1. The van der Waals surface area contributed by atoms with Gasteiger partial charge in [0.25, 0.3) is 0 Å². The molecule has 0 radical (unpaired) electrons. The van der Waals surface area contributed by atoms with Crippen molar-refractivity contribution in [2.75, 3.05) is 31.1 Å². The Bertz CT molecular complexity index is 932. The summed E-state index contributed by atoms with van der Waals surface area (Å²) in [5.41, 5.74) is 1.20. The fourth-order valence-corrected chi connectivity index (χ4v) is 2.94. The second-order valence-corrected chi connectivity index (χ2v) is 6.24. The minimum atomic E-state index is -0.213. The van der Waals surface area contributed by atoms with E-state index in [1.807, 2.05) is 6.07 Å². The molecule has 0 unspecified atom stereocenters. The Morgan fingerprint density at radius 2 is 2.00 bits per heavy atom. The molecule has 9 nitrogen and oxygen atoms in total. The van der Waals surface area contributed by atoms with Crippen molar-refractivity contribution in [2.24, 2.45) is 0 Å². The van der Waals surface area contributed by atoms with Crippen molar-refractivity contribution in [1.82, 2.24) is 19.9 Å². The van der Waals surface area contributed by atoms with Gasteiger partial charge in [-0.05, 0) is 24.3 Å². The van der Waals surface area contributed by atoms with Gasteiger partial charge in [-0.1, -0.05) is 17.8 Å². The van der Waals surface area contributed by atoms with Gasteiger partial charge in [0.05, 0.1) is 20.0 Å². The molecule has 0 atom stereocenters. The zero-order valence-corrected chi connectivity index (χ0v) is 15.6. The lowest BCUT2D eigenvalue weighted by atomic mass is 10.2. The van der Waals surface area contributed by atoms with Crippen LogP contribution in [0.4, 0.5) is 5.69 Å². The number of ether oxygens (including phenoxy) is 2. The molecule has 2 aromatic heterocycles. The van der Waals surface area contributed by atoms with Crippen molar-refractivity contribution in [3.05, 3.63) is 42.6 Å². The highest BCUT2D eigenvalue weighted by atomic mass is 32.2. The minimum Gasteiger partial charge on any atom is -0.493 e. The van der Waals surface area contributed by atoms with Gasteiger partial charge in [0, 0.05) is 18.0 Å². The third-order valence-electron chi connectivity index (χ3n) is 3.56. The van der Waals surface area contributed by atoms with E-state index in [1.54, 1.807) is 43.6 Å². The van der Waals surface area contributed by atoms with Gasteiger partial charge in [-0.2, -0.15) is 0 Å². The molecule has 10 heteroatoms. The largest absolute Gasteiger partial charge is 0.493 e. The fraction of sp³-hybridized carbons (Fsp3) is 0.176. The number of pyridine rings is 1. The van der Waals surface area contributed by atoms with Gasteiger partial charge in [-0.15, -0.1) is 10.2 Å². The van der Waals surface area contributed by atoms with Gasteiger partial charge in [0.2, 0.25) is 16.9 Å². The van der Waals surface area contributed by atoms with Crippen LogP contribution in [-0.4, -0.2) is 45.7 Å². The highest BCUT2D eigenvalue weighted by Crippen LogP contribution is 2.30. The molecule has 0 spiro atoms. The van der Waals surface area contributed by atoms with E-state index in [2.05, 4.69) is 20.5 Å². The predicted molar refractivity (Wildman–Crippen MR) is 102 cm³/mol. The standard InChI is InChI=1S/C17H18N6O3S/c1-25-13-7-6-11(9-14(13)26-2)20-15(24)10-27-17-22-21-16(23(17)18)12-5-3-4-8-19-12/h3-9H,10,18H2,1-2H3,(H,20,24). The van der Waals surface area contributed by atoms with Crippen molar-refractivity contribution in [2.45, 2.75) is 5.16 Å². The number of hydrogen-bond acceptors (Lipinski definition) is 8. The van der Waals surface area contributed by atoms with Crippen LogP contribution in [0.15, 0.2) is 47.8 Å². The Labute approximate surface area is 159 Å². The summed E-state index contributed by atoms with van der Waals surface area (Å²) in [5.74, 6) is 7.46. The quantitative estimate of drug-likeness (QED) is 0.466. The maximum atomic E-state index is 12.2. The molecule has 3 N–H and O–H groups in total. The number of hydrogen-bond donors (Lipinski definition) is 2. The summed E-state index contributed by atoms with van der Waals surface area (Å²) in [6.45, 7) is 0. The number of anilines is 1. The molecule has 0 aliphatic heterocycles. The Balaban J connectivity index is 1.62. The number of rotatable bonds is 7. The summed E-state index contributed by atoms with van der Waals surface area (Å²) >= 11 is 1.18. The Morgan fingerprint density at radius 3 is 2.70 bits per heavy atom. The first kappa shape index (κ1) is 18.5. The van der Waals surface area contributed by atoms with Gasteiger partial charge in [-0.3, -0.25) is 9.78 Å². The molecule has 0 saturated carbocycles. The van der Waals surface area contributed by atoms with Crippen LogP contribution >= 0.6 is 11.8 Å². The smallest absolute Gasteiger partial charge is 0.234 e. The Kier molecular flexibility index (Phi) is 5.77. The maximum absolute atomic E-state index is 12.2. The molecule has 0 fully saturated rings. The first-order valence-electron chi connectivity index (χ1n) is 7.89. The number of nitrogen functional groups attached to an aromatic ring is 1. The van der Waals surface area contributed by atoms with E-state index in [1.165, 1.54) is 23.5 Å². The molecular formula is C17H18N6O3S. The van der Waals surface area contributed by atoms with E-state index in [-0.39, 0.29) is 11.7 Å². The van der Waals surface area contributed by atoms with Gasteiger partial charge in [0.1, 0.15) is 5.69 Å². The Hall–Kier alpha value is -3.27. The van der Waals surface area contributed by atoms with Crippen molar-refractivity contribution in [3.63, 3.8) is 0 Å². The average molecular weight is 386 g/mol. The monoisotopic (exact) mass is 386 g/mol. The molecule has 3 aromatic rings. The second-order valence-electron chi connectivity index (χ2n) is 5.30. The lowest BCUT2D eigenvalue weighted by Gasteiger charge is -2.10. The van der Waals surface area contributed by atoms with E-state index < -0.39 is 0 Å². The van der Waals surface area contributed by atoms with Crippen LogP contribution in [0.5, 0.6) is 11.5 Å². The third kappa shape index (κ3) is 4.29. The zero-order valence-electron chi connectivity index (χ0n) is 14.7. The summed E-state index contributed by atoms with van der Waals surface area (Å²) in [6.07, 6.45) is 1.65. The number of aromatic nitrogens is 4. The van der Waals surface area contributed by atoms with Crippen LogP contribution in [0.3, 0.4) is 0 Å². The summed E-state index contributed by atoms with van der Waals surface area (Å²) in [4.78, 5) is 16.4. The Morgan fingerprint density at radius 1 is 1.19 bits per heavy atom. The first-order valence-corrected chi connectivity index (χ1v) is 8.87. The molecule has 0 aliphatic rings. The first-order chi connectivity index (χ1) is 13.1. The normalized spacial score (nSPS) is 10.4. The molecule has 2 heterocycles. The lowest BCUT2D eigenvalue weighted by molar-refractivity contribution is -0.113. The minimum absolute atomic E-state index is 0.117. The van der Waals surface area contributed by atoms with Gasteiger partial charge in [-0.25, -0.2) is 4.68 Å². The van der Waals surface area contributed by atoms with E-state index >= 15 is 0 Å². The van der Waals surface area contributed by atoms with Crippen LogP contribution in [0.2, 0.25) is 0 Å². The lowest BCUT2D eigenvalue weighted by Crippen LogP contribution is -2.16. The zero-order chi connectivity index (χ0) is 19.2. The number of benzene rings is 1. The van der Waals surface area contributed by atoms with Crippen molar-refractivity contribution >= 4 is 23.4 Å².